The van der Waals surface area contributed by atoms with Gasteiger partial charge in [0.05, 0.1) is 11.0 Å². The fourth-order valence-corrected chi connectivity index (χ4v) is 5.73. The molecule has 0 aliphatic heterocycles. The maximum Gasteiger partial charge on any atom is 0.352 e. The molecule has 2 atom stereocenters. The standard InChI is InChI=1S/C29H32ClN3O5S/c1-19(31-17-28(34)22-7-5-8-24(30)15-22)12-20-10-11-26-23(13-20)16-27(29(35)36)33(26)18-21-6-4-9-25(14-21)39(37,38)32(2)3/h4-11,13-16,19,28,31,34H,12,17-18H2,1-3H3,(H,35,36). The number of aromatic nitrogens is 1. The summed E-state index contributed by atoms with van der Waals surface area (Å²) in [5.74, 6) is -1.06. The van der Waals surface area contributed by atoms with Crippen LogP contribution in [-0.2, 0) is 23.0 Å². The van der Waals surface area contributed by atoms with E-state index in [9.17, 15) is 23.4 Å². The van der Waals surface area contributed by atoms with Gasteiger partial charge in [-0.15, -0.1) is 0 Å². The van der Waals surface area contributed by atoms with Gasteiger partial charge < -0.3 is 20.1 Å². The zero-order valence-electron chi connectivity index (χ0n) is 22.0. The SMILES string of the molecule is CC(Cc1ccc2c(c1)cc(C(=O)O)n2Cc1cccc(S(=O)(=O)N(C)C)c1)NCC(O)c1cccc(Cl)c1. The van der Waals surface area contributed by atoms with E-state index in [1.165, 1.54) is 20.2 Å². The molecule has 0 spiro atoms. The monoisotopic (exact) mass is 569 g/mol. The van der Waals surface area contributed by atoms with Crippen molar-refractivity contribution in [2.45, 2.75) is 36.9 Å². The Labute approximate surface area is 233 Å². The molecule has 3 aromatic carbocycles. The predicted molar refractivity (Wildman–Crippen MR) is 153 cm³/mol. The van der Waals surface area contributed by atoms with Crippen LogP contribution in [0.15, 0.2) is 77.7 Å². The first-order chi connectivity index (χ1) is 18.5. The minimum atomic E-state index is -3.61. The molecule has 39 heavy (non-hydrogen) atoms. The van der Waals surface area contributed by atoms with Crippen LogP contribution in [0, 0.1) is 0 Å². The Morgan fingerprint density at radius 3 is 2.46 bits per heavy atom. The molecule has 206 valence electrons. The largest absolute Gasteiger partial charge is 0.477 e. The molecule has 4 rings (SSSR count). The fourth-order valence-electron chi connectivity index (χ4n) is 4.56. The van der Waals surface area contributed by atoms with Crippen molar-refractivity contribution >= 4 is 38.5 Å². The van der Waals surface area contributed by atoms with Crippen LogP contribution in [0.25, 0.3) is 10.9 Å². The number of nitrogens with one attached hydrogen (secondary N) is 1. The van der Waals surface area contributed by atoms with Crippen molar-refractivity contribution in [2.75, 3.05) is 20.6 Å². The van der Waals surface area contributed by atoms with Crippen molar-refractivity contribution in [1.29, 1.82) is 0 Å². The number of hydrogen-bond acceptors (Lipinski definition) is 5. The minimum absolute atomic E-state index is 0.0544. The molecule has 0 amide bonds. The molecule has 0 radical (unpaired) electrons. The molecular weight excluding hydrogens is 538 g/mol. The van der Waals surface area contributed by atoms with Gasteiger partial charge in [-0.1, -0.05) is 41.9 Å². The smallest absolute Gasteiger partial charge is 0.352 e. The van der Waals surface area contributed by atoms with Crippen LogP contribution in [0.2, 0.25) is 5.02 Å². The third kappa shape index (κ3) is 6.69. The Kier molecular flexibility index (Phi) is 8.78. The predicted octanol–water partition coefficient (Wildman–Crippen LogP) is 4.55. The fraction of sp³-hybridized carbons (Fsp3) is 0.276. The van der Waals surface area contributed by atoms with E-state index in [2.05, 4.69) is 5.32 Å². The lowest BCUT2D eigenvalue weighted by Crippen LogP contribution is -2.32. The summed E-state index contributed by atoms with van der Waals surface area (Å²) in [6.45, 7) is 2.60. The molecule has 0 fully saturated rings. The number of benzene rings is 3. The molecule has 0 saturated heterocycles. The van der Waals surface area contributed by atoms with Crippen LogP contribution in [0.5, 0.6) is 0 Å². The highest BCUT2D eigenvalue weighted by atomic mass is 35.5. The summed E-state index contributed by atoms with van der Waals surface area (Å²) in [5, 5.41) is 25.1. The molecule has 1 aromatic heterocycles. The van der Waals surface area contributed by atoms with Gasteiger partial charge in [-0.2, -0.15) is 0 Å². The Hall–Kier alpha value is -3.21. The van der Waals surface area contributed by atoms with Crippen LogP contribution in [0.1, 0.15) is 40.2 Å². The van der Waals surface area contributed by atoms with E-state index >= 15 is 0 Å². The quantitative estimate of drug-likeness (QED) is 0.244. The van der Waals surface area contributed by atoms with Crippen molar-refractivity contribution in [3.63, 3.8) is 0 Å². The van der Waals surface area contributed by atoms with E-state index in [-0.39, 0.29) is 23.2 Å². The number of carboxylic acids is 1. The lowest BCUT2D eigenvalue weighted by Gasteiger charge is -2.18. The van der Waals surface area contributed by atoms with Gasteiger partial charge in [-0.25, -0.2) is 17.5 Å². The van der Waals surface area contributed by atoms with Gasteiger partial charge in [0.15, 0.2) is 0 Å². The molecule has 10 heteroatoms. The molecule has 8 nitrogen and oxygen atoms in total. The van der Waals surface area contributed by atoms with Gasteiger partial charge in [0, 0.05) is 49.2 Å². The van der Waals surface area contributed by atoms with Crippen LogP contribution in [-0.4, -0.2) is 60.2 Å². The third-order valence-electron chi connectivity index (χ3n) is 6.64. The number of carbonyl (C=O) groups is 1. The second-order valence-corrected chi connectivity index (χ2v) is 12.4. The Balaban J connectivity index is 1.52. The number of sulfonamides is 1. The highest BCUT2D eigenvalue weighted by molar-refractivity contribution is 7.89. The lowest BCUT2D eigenvalue weighted by atomic mass is 10.0. The molecule has 0 aliphatic rings. The maximum absolute atomic E-state index is 12.6. The lowest BCUT2D eigenvalue weighted by molar-refractivity contribution is 0.0686. The molecule has 3 N–H and O–H groups in total. The second kappa shape index (κ2) is 11.9. The van der Waals surface area contributed by atoms with Crippen molar-refractivity contribution < 1.29 is 23.4 Å². The number of aromatic carboxylic acids is 1. The average Bonchev–Trinajstić information content (AvgIpc) is 3.25. The Morgan fingerprint density at radius 2 is 1.77 bits per heavy atom. The third-order valence-corrected chi connectivity index (χ3v) is 8.68. The zero-order valence-corrected chi connectivity index (χ0v) is 23.6. The summed E-state index contributed by atoms with van der Waals surface area (Å²) in [6, 6.07) is 21.2. The van der Waals surface area contributed by atoms with Gasteiger partial charge in [0.1, 0.15) is 5.69 Å². The highest BCUT2D eigenvalue weighted by Crippen LogP contribution is 2.25. The summed E-state index contributed by atoms with van der Waals surface area (Å²) in [7, 11) is -0.669. The van der Waals surface area contributed by atoms with Gasteiger partial charge in [0.25, 0.3) is 0 Å². The van der Waals surface area contributed by atoms with Crippen LogP contribution >= 0.6 is 11.6 Å². The molecule has 4 aromatic rings. The van der Waals surface area contributed by atoms with E-state index in [0.29, 0.717) is 23.6 Å². The molecule has 2 unspecified atom stereocenters. The van der Waals surface area contributed by atoms with E-state index < -0.39 is 22.1 Å². The van der Waals surface area contributed by atoms with E-state index in [4.69, 9.17) is 11.6 Å². The first-order valence-corrected chi connectivity index (χ1v) is 14.3. The first-order valence-electron chi connectivity index (χ1n) is 12.5. The number of rotatable bonds is 11. The minimum Gasteiger partial charge on any atom is -0.477 e. The Morgan fingerprint density at radius 1 is 1.03 bits per heavy atom. The van der Waals surface area contributed by atoms with E-state index in [0.717, 1.165) is 26.3 Å². The topological polar surface area (TPSA) is 112 Å². The van der Waals surface area contributed by atoms with Crippen molar-refractivity contribution in [3.8, 4) is 0 Å². The average molecular weight is 570 g/mol. The molecule has 0 aliphatic carbocycles. The summed E-state index contributed by atoms with van der Waals surface area (Å²) in [6.07, 6.45) is -0.0111. The van der Waals surface area contributed by atoms with E-state index in [1.54, 1.807) is 47.0 Å². The highest BCUT2D eigenvalue weighted by Gasteiger charge is 2.19. The summed E-state index contributed by atoms with van der Waals surface area (Å²) in [4.78, 5) is 12.2. The van der Waals surface area contributed by atoms with Gasteiger partial charge in [-0.3, -0.25) is 0 Å². The van der Waals surface area contributed by atoms with Crippen LogP contribution < -0.4 is 5.32 Å². The molecule has 0 saturated carbocycles. The van der Waals surface area contributed by atoms with Gasteiger partial charge in [-0.05, 0) is 72.5 Å². The molecule has 0 bridgehead atoms. The molecule has 1 heterocycles. The number of hydrogen-bond donors (Lipinski definition) is 3. The van der Waals surface area contributed by atoms with Crippen molar-refractivity contribution in [3.05, 3.63) is 100 Å². The number of nitrogens with zero attached hydrogens (tertiary/aromatic N) is 2. The summed E-state index contributed by atoms with van der Waals surface area (Å²) in [5.41, 5.74) is 3.31. The van der Waals surface area contributed by atoms with Crippen molar-refractivity contribution in [1.82, 2.24) is 14.2 Å². The number of carboxylic acid groups (broad SMARTS) is 1. The normalized spacial score (nSPS) is 13.6. The number of aliphatic hydroxyl groups is 1. The summed E-state index contributed by atoms with van der Waals surface area (Å²) < 4.78 is 28.0. The van der Waals surface area contributed by atoms with Crippen LogP contribution in [0.4, 0.5) is 0 Å². The van der Waals surface area contributed by atoms with Gasteiger partial charge >= 0.3 is 5.97 Å². The maximum atomic E-state index is 12.6. The first kappa shape index (κ1) is 28.8. The van der Waals surface area contributed by atoms with Crippen LogP contribution in [0.3, 0.4) is 0 Å². The number of halogens is 1. The molecular formula is C29H32ClN3O5S. The summed E-state index contributed by atoms with van der Waals surface area (Å²) >= 11 is 6.02. The number of fused-ring (bicyclic) bond motifs is 1. The zero-order chi connectivity index (χ0) is 28.3. The Bertz CT molecular complexity index is 1600. The number of aliphatic hydroxyl groups excluding tert-OH is 1. The van der Waals surface area contributed by atoms with E-state index in [1.807, 2.05) is 31.2 Å². The van der Waals surface area contributed by atoms with Crippen molar-refractivity contribution in [2.24, 2.45) is 0 Å². The van der Waals surface area contributed by atoms with Gasteiger partial charge in [0.2, 0.25) is 10.0 Å². The second-order valence-electron chi connectivity index (χ2n) is 9.83.